The standard InChI is InChI=1S/C14H18BrNOS/c1-9-4-2-3-5-12(9)16-14(17)11-7-6-10(15)8-13(11)18/h6-9,12,18H,2-5H2,1H3,(H,16,17). The van der Waals surface area contributed by atoms with Crippen LogP contribution in [0.1, 0.15) is 43.0 Å². The van der Waals surface area contributed by atoms with Crippen LogP contribution in [0.3, 0.4) is 0 Å². The molecule has 2 rings (SSSR count). The molecule has 1 aromatic carbocycles. The molecule has 1 aliphatic carbocycles. The molecule has 2 atom stereocenters. The fourth-order valence-electron chi connectivity index (χ4n) is 2.47. The van der Waals surface area contributed by atoms with E-state index in [4.69, 9.17) is 0 Å². The van der Waals surface area contributed by atoms with Gasteiger partial charge in [-0.3, -0.25) is 4.79 Å². The number of hydrogen-bond acceptors (Lipinski definition) is 2. The van der Waals surface area contributed by atoms with Crippen LogP contribution in [0.4, 0.5) is 0 Å². The highest BCUT2D eigenvalue weighted by Gasteiger charge is 2.23. The third-order valence-electron chi connectivity index (χ3n) is 3.63. The first-order chi connectivity index (χ1) is 8.58. The van der Waals surface area contributed by atoms with Crippen molar-refractivity contribution in [2.45, 2.75) is 43.5 Å². The van der Waals surface area contributed by atoms with E-state index >= 15 is 0 Å². The summed E-state index contributed by atoms with van der Waals surface area (Å²) in [4.78, 5) is 12.9. The first-order valence-electron chi connectivity index (χ1n) is 6.37. The Labute approximate surface area is 122 Å². The summed E-state index contributed by atoms with van der Waals surface area (Å²) in [6.45, 7) is 2.22. The van der Waals surface area contributed by atoms with Crippen LogP contribution in [-0.2, 0) is 0 Å². The Morgan fingerprint density at radius 1 is 1.39 bits per heavy atom. The molecule has 0 heterocycles. The van der Waals surface area contributed by atoms with E-state index in [-0.39, 0.29) is 5.91 Å². The second kappa shape index (κ2) is 6.11. The molecular formula is C14H18BrNOS. The number of rotatable bonds is 2. The van der Waals surface area contributed by atoms with E-state index < -0.39 is 0 Å². The second-order valence-electron chi connectivity index (χ2n) is 5.00. The number of amides is 1. The summed E-state index contributed by atoms with van der Waals surface area (Å²) in [7, 11) is 0. The van der Waals surface area contributed by atoms with E-state index in [9.17, 15) is 4.79 Å². The summed E-state index contributed by atoms with van der Waals surface area (Å²) < 4.78 is 0.940. The lowest BCUT2D eigenvalue weighted by atomic mass is 9.86. The Morgan fingerprint density at radius 2 is 2.11 bits per heavy atom. The van der Waals surface area contributed by atoms with Crippen LogP contribution in [0.5, 0.6) is 0 Å². The maximum Gasteiger partial charge on any atom is 0.252 e. The van der Waals surface area contributed by atoms with Gasteiger partial charge in [0.05, 0.1) is 5.56 Å². The van der Waals surface area contributed by atoms with Gasteiger partial charge in [0, 0.05) is 15.4 Å². The molecule has 0 aromatic heterocycles. The lowest BCUT2D eigenvalue weighted by Gasteiger charge is -2.29. The first kappa shape index (κ1) is 13.9. The Morgan fingerprint density at radius 3 is 2.78 bits per heavy atom. The number of carbonyl (C=O) groups excluding carboxylic acids is 1. The van der Waals surface area contributed by atoms with Gasteiger partial charge in [-0.25, -0.2) is 0 Å². The molecule has 1 saturated carbocycles. The Bertz CT molecular complexity index is 449. The summed E-state index contributed by atoms with van der Waals surface area (Å²) in [6.07, 6.45) is 4.79. The van der Waals surface area contributed by atoms with Gasteiger partial charge in [-0.1, -0.05) is 35.7 Å². The lowest BCUT2D eigenvalue weighted by molar-refractivity contribution is 0.0907. The predicted molar refractivity (Wildman–Crippen MR) is 80.3 cm³/mol. The lowest BCUT2D eigenvalue weighted by Crippen LogP contribution is -2.41. The van der Waals surface area contributed by atoms with Crippen LogP contribution in [0.2, 0.25) is 0 Å². The summed E-state index contributed by atoms with van der Waals surface area (Å²) in [5.74, 6) is 0.563. The van der Waals surface area contributed by atoms with Crippen LogP contribution in [0, 0.1) is 5.92 Å². The number of carbonyl (C=O) groups is 1. The molecule has 1 aliphatic rings. The fraction of sp³-hybridized carbons (Fsp3) is 0.500. The number of hydrogen-bond donors (Lipinski definition) is 2. The number of halogens is 1. The molecule has 0 radical (unpaired) electrons. The average Bonchev–Trinajstić information content (AvgIpc) is 2.32. The number of thiol groups is 1. The van der Waals surface area contributed by atoms with Crippen LogP contribution in [0.25, 0.3) is 0 Å². The first-order valence-corrected chi connectivity index (χ1v) is 7.61. The van der Waals surface area contributed by atoms with Crippen molar-refractivity contribution in [1.82, 2.24) is 5.32 Å². The maximum absolute atomic E-state index is 12.2. The Balaban J connectivity index is 2.07. The van der Waals surface area contributed by atoms with Crippen molar-refractivity contribution in [3.05, 3.63) is 28.2 Å². The van der Waals surface area contributed by atoms with Gasteiger partial charge in [-0.15, -0.1) is 12.6 Å². The smallest absolute Gasteiger partial charge is 0.252 e. The molecule has 0 saturated heterocycles. The predicted octanol–water partition coefficient (Wildman–Crippen LogP) is 4.05. The van der Waals surface area contributed by atoms with Crippen LogP contribution >= 0.6 is 28.6 Å². The highest BCUT2D eigenvalue weighted by atomic mass is 79.9. The summed E-state index contributed by atoms with van der Waals surface area (Å²) in [6, 6.07) is 5.85. The molecular weight excluding hydrogens is 310 g/mol. The fourth-order valence-corrected chi connectivity index (χ4v) is 3.33. The van der Waals surface area contributed by atoms with E-state index in [0.717, 1.165) is 10.9 Å². The topological polar surface area (TPSA) is 29.1 Å². The van der Waals surface area contributed by atoms with Crippen molar-refractivity contribution >= 4 is 34.5 Å². The molecule has 0 aliphatic heterocycles. The molecule has 2 unspecified atom stereocenters. The minimum absolute atomic E-state index is 0.00810. The minimum Gasteiger partial charge on any atom is -0.349 e. The zero-order valence-electron chi connectivity index (χ0n) is 10.4. The molecule has 2 nitrogen and oxygen atoms in total. The number of benzene rings is 1. The van der Waals surface area contributed by atoms with E-state index in [1.54, 1.807) is 0 Å². The normalized spacial score (nSPS) is 23.7. The third kappa shape index (κ3) is 3.29. The highest BCUT2D eigenvalue weighted by Crippen LogP contribution is 2.25. The quantitative estimate of drug-likeness (QED) is 0.788. The molecule has 1 aromatic rings. The zero-order chi connectivity index (χ0) is 13.1. The summed E-state index contributed by atoms with van der Waals surface area (Å²) in [5, 5.41) is 3.14. The van der Waals surface area contributed by atoms with Gasteiger partial charge in [0.1, 0.15) is 0 Å². The molecule has 4 heteroatoms. The van der Waals surface area contributed by atoms with Crippen molar-refractivity contribution in [2.24, 2.45) is 5.92 Å². The molecule has 98 valence electrons. The highest BCUT2D eigenvalue weighted by molar-refractivity contribution is 9.10. The van der Waals surface area contributed by atoms with Gasteiger partial charge >= 0.3 is 0 Å². The Kier molecular flexibility index (Phi) is 4.73. The molecule has 1 fully saturated rings. The van der Waals surface area contributed by atoms with E-state index in [2.05, 4.69) is 40.8 Å². The zero-order valence-corrected chi connectivity index (χ0v) is 12.9. The minimum atomic E-state index is -0.00810. The largest absolute Gasteiger partial charge is 0.349 e. The van der Waals surface area contributed by atoms with Crippen molar-refractivity contribution in [3.63, 3.8) is 0 Å². The monoisotopic (exact) mass is 327 g/mol. The molecule has 1 amide bonds. The van der Waals surface area contributed by atoms with Crippen LogP contribution < -0.4 is 5.32 Å². The average molecular weight is 328 g/mol. The van der Waals surface area contributed by atoms with Crippen molar-refractivity contribution in [2.75, 3.05) is 0 Å². The summed E-state index contributed by atoms with van der Waals surface area (Å²) in [5.41, 5.74) is 0.652. The summed E-state index contributed by atoms with van der Waals surface area (Å²) >= 11 is 7.73. The van der Waals surface area contributed by atoms with Gasteiger partial charge in [-0.05, 0) is 37.0 Å². The van der Waals surface area contributed by atoms with Gasteiger partial charge in [0.15, 0.2) is 0 Å². The van der Waals surface area contributed by atoms with E-state index in [0.29, 0.717) is 22.4 Å². The van der Waals surface area contributed by atoms with Gasteiger partial charge < -0.3 is 5.32 Å². The Hall–Kier alpha value is -0.480. The van der Waals surface area contributed by atoms with Gasteiger partial charge in [0.2, 0.25) is 0 Å². The molecule has 18 heavy (non-hydrogen) atoms. The molecule has 0 bridgehead atoms. The van der Waals surface area contributed by atoms with Crippen molar-refractivity contribution in [3.8, 4) is 0 Å². The van der Waals surface area contributed by atoms with E-state index in [1.165, 1.54) is 19.3 Å². The molecule has 0 spiro atoms. The van der Waals surface area contributed by atoms with Crippen molar-refractivity contribution in [1.29, 1.82) is 0 Å². The SMILES string of the molecule is CC1CCCCC1NC(=O)c1ccc(Br)cc1S. The van der Waals surface area contributed by atoms with E-state index in [1.807, 2.05) is 18.2 Å². The van der Waals surface area contributed by atoms with Crippen molar-refractivity contribution < 1.29 is 4.79 Å². The molecule has 1 N–H and O–H groups in total. The van der Waals surface area contributed by atoms with Crippen LogP contribution in [-0.4, -0.2) is 11.9 Å². The van der Waals surface area contributed by atoms with Gasteiger partial charge in [-0.2, -0.15) is 0 Å². The number of nitrogens with one attached hydrogen (secondary N) is 1. The van der Waals surface area contributed by atoms with Gasteiger partial charge in [0.25, 0.3) is 5.91 Å². The second-order valence-corrected chi connectivity index (χ2v) is 6.40. The van der Waals surface area contributed by atoms with Crippen LogP contribution in [0.15, 0.2) is 27.6 Å². The maximum atomic E-state index is 12.2. The third-order valence-corrected chi connectivity index (χ3v) is 4.50.